The lowest BCUT2D eigenvalue weighted by Gasteiger charge is -2.27. The van der Waals surface area contributed by atoms with Crippen LogP contribution in [0.4, 0.5) is 4.39 Å². The van der Waals surface area contributed by atoms with E-state index in [9.17, 15) is 14.3 Å². The van der Waals surface area contributed by atoms with E-state index in [1.165, 1.54) is 19.3 Å². The number of benzene rings is 2. The highest BCUT2D eigenvalue weighted by atomic mass is 35.5. The summed E-state index contributed by atoms with van der Waals surface area (Å²) in [5, 5.41) is 19.8. The largest absolute Gasteiger partial charge is 0.496 e. The first-order valence-corrected chi connectivity index (χ1v) is 11.7. The van der Waals surface area contributed by atoms with Crippen molar-refractivity contribution in [3.8, 4) is 5.75 Å². The molecule has 184 valence electrons. The summed E-state index contributed by atoms with van der Waals surface area (Å²) in [7, 11) is 1.53. The van der Waals surface area contributed by atoms with Crippen LogP contribution in [0.15, 0.2) is 42.5 Å². The van der Waals surface area contributed by atoms with Crippen molar-refractivity contribution >= 4 is 23.6 Å². The van der Waals surface area contributed by atoms with Crippen molar-refractivity contribution < 1.29 is 28.9 Å². The van der Waals surface area contributed by atoms with Gasteiger partial charge >= 0.3 is 5.97 Å². The van der Waals surface area contributed by atoms with E-state index in [0.29, 0.717) is 24.3 Å². The van der Waals surface area contributed by atoms with Gasteiger partial charge in [0.25, 0.3) is 0 Å². The van der Waals surface area contributed by atoms with Crippen molar-refractivity contribution in [3.05, 3.63) is 70.0 Å². The molecule has 6 nitrogen and oxygen atoms in total. The summed E-state index contributed by atoms with van der Waals surface area (Å²) in [6.45, 7) is 3.30. The van der Waals surface area contributed by atoms with Gasteiger partial charge in [-0.25, -0.2) is 9.18 Å². The van der Waals surface area contributed by atoms with Crippen LogP contribution in [0.2, 0.25) is 5.02 Å². The molecule has 0 aliphatic carbocycles. The van der Waals surface area contributed by atoms with Gasteiger partial charge in [0.05, 0.1) is 30.9 Å². The minimum atomic E-state index is -1.05. The highest BCUT2D eigenvalue weighted by molar-refractivity contribution is 6.30. The smallest absolute Gasteiger partial charge is 0.328 e. The maximum Gasteiger partial charge on any atom is 0.328 e. The van der Waals surface area contributed by atoms with Crippen LogP contribution in [-0.4, -0.2) is 60.0 Å². The first kappa shape index (κ1) is 26.2. The van der Waals surface area contributed by atoms with Crippen LogP contribution in [0.3, 0.4) is 0 Å². The van der Waals surface area contributed by atoms with Crippen LogP contribution in [0.5, 0.6) is 5.75 Å². The lowest BCUT2D eigenvalue weighted by atomic mass is 10.0. The molecule has 0 amide bonds. The lowest BCUT2D eigenvalue weighted by Crippen LogP contribution is -2.39. The van der Waals surface area contributed by atoms with Gasteiger partial charge in [-0.2, -0.15) is 0 Å². The third kappa shape index (κ3) is 7.03. The third-order valence-electron chi connectivity index (χ3n) is 6.09. The number of rotatable bonds is 11. The van der Waals surface area contributed by atoms with E-state index in [0.717, 1.165) is 36.6 Å². The molecule has 0 spiro atoms. The number of hydrogen-bond acceptors (Lipinski definition) is 5. The maximum absolute atomic E-state index is 13.8. The zero-order chi connectivity index (χ0) is 24.7. The van der Waals surface area contributed by atoms with Gasteiger partial charge in [0.15, 0.2) is 0 Å². The van der Waals surface area contributed by atoms with E-state index in [1.807, 2.05) is 25.1 Å². The number of likely N-dealkylation sites (tertiary alicyclic amines) is 1. The molecule has 0 radical (unpaired) electrons. The molecule has 0 aromatic heterocycles. The molecule has 2 N–H and O–H groups in total. The Bertz CT molecular complexity index is 1010. The Hall–Kier alpha value is -2.45. The zero-order valence-electron chi connectivity index (χ0n) is 19.4. The van der Waals surface area contributed by atoms with Gasteiger partial charge in [-0.1, -0.05) is 29.8 Å². The molecular formula is C26H31ClFNO5. The van der Waals surface area contributed by atoms with Gasteiger partial charge in [0.1, 0.15) is 11.6 Å². The Balaban J connectivity index is 1.58. The topological polar surface area (TPSA) is 79.2 Å². The van der Waals surface area contributed by atoms with Crippen LogP contribution in [0.1, 0.15) is 42.6 Å². The SMILES string of the molecule is COc1cccc([C@@H](C)OC[C@H](O)CN2CCC[C@H]2Cc2ccc(Cl)c(F)c2)c1/C=C/C(=O)O. The highest BCUT2D eigenvalue weighted by Crippen LogP contribution is 2.30. The number of aliphatic hydroxyl groups is 1. The van der Waals surface area contributed by atoms with Gasteiger partial charge in [-0.05, 0) is 68.1 Å². The summed E-state index contributed by atoms with van der Waals surface area (Å²) in [4.78, 5) is 13.2. The van der Waals surface area contributed by atoms with E-state index in [1.54, 1.807) is 12.1 Å². The standard InChI is InChI=1S/C26H31ClFNO5/c1-17(21-6-3-7-25(33-2)22(21)9-11-26(31)32)34-16-20(30)15-29-12-4-5-19(29)13-18-8-10-23(27)24(28)14-18/h3,6-11,14,17,19-20,30H,4-5,12-13,15-16H2,1-2H3,(H,31,32)/b11-9+/t17-,19+,20-/m1/s1. The number of hydrogen-bond donors (Lipinski definition) is 2. The van der Waals surface area contributed by atoms with Crippen molar-refractivity contribution in [2.45, 2.75) is 44.4 Å². The Kier molecular flexibility index (Phi) is 9.47. The third-order valence-corrected chi connectivity index (χ3v) is 6.40. The molecule has 34 heavy (non-hydrogen) atoms. The fraction of sp³-hybridized carbons (Fsp3) is 0.423. The normalized spacial score (nSPS) is 18.3. The average molecular weight is 492 g/mol. The van der Waals surface area contributed by atoms with E-state index >= 15 is 0 Å². The van der Waals surface area contributed by atoms with Crippen LogP contribution in [0.25, 0.3) is 6.08 Å². The van der Waals surface area contributed by atoms with Gasteiger partial charge in [-0.3, -0.25) is 4.90 Å². The van der Waals surface area contributed by atoms with Crippen molar-refractivity contribution in [1.82, 2.24) is 4.90 Å². The number of nitrogens with zero attached hydrogens (tertiary/aromatic N) is 1. The molecule has 1 aliphatic rings. The number of aliphatic carboxylic acids is 1. The van der Waals surface area contributed by atoms with Crippen molar-refractivity contribution in [1.29, 1.82) is 0 Å². The van der Waals surface area contributed by atoms with E-state index in [2.05, 4.69) is 4.90 Å². The van der Waals surface area contributed by atoms with Crippen molar-refractivity contribution in [3.63, 3.8) is 0 Å². The zero-order valence-corrected chi connectivity index (χ0v) is 20.2. The Morgan fingerprint density at radius 1 is 1.35 bits per heavy atom. The molecule has 1 aliphatic heterocycles. The number of carbonyl (C=O) groups is 1. The Morgan fingerprint density at radius 2 is 2.15 bits per heavy atom. The summed E-state index contributed by atoms with van der Waals surface area (Å²) in [6.07, 6.45) is 4.16. The average Bonchev–Trinajstić information content (AvgIpc) is 3.24. The highest BCUT2D eigenvalue weighted by Gasteiger charge is 2.27. The van der Waals surface area contributed by atoms with Gasteiger partial charge in [0, 0.05) is 24.2 Å². The predicted octanol–water partition coefficient (Wildman–Crippen LogP) is 4.73. The van der Waals surface area contributed by atoms with E-state index in [4.69, 9.17) is 26.2 Å². The maximum atomic E-state index is 13.8. The molecule has 0 unspecified atom stereocenters. The van der Waals surface area contributed by atoms with Gasteiger partial charge < -0.3 is 19.7 Å². The summed E-state index contributed by atoms with van der Waals surface area (Å²) >= 11 is 5.79. The van der Waals surface area contributed by atoms with E-state index in [-0.39, 0.29) is 23.8 Å². The summed E-state index contributed by atoms with van der Waals surface area (Å²) in [5.74, 6) is -0.923. The van der Waals surface area contributed by atoms with Crippen LogP contribution >= 0.6 is 11.6 Å². The number of methoxy groups -OCH3 is 1. The summed E-state index contributed by atoms with van der Waals surface area (Å²) in [5.41, 5.74) is 2.29. The molecule has 1 fully saturated rings. The van der Waals surface area contributed by atoms with Crippen LogP contribution < -0.4 is 4.74 Å². The molecule has 2 aromatic carbocycles. The van der Waals surface area contributed by atoms with Crippen LogP contribution in [0, 0.1) is 5.82 Å². The second-order valence-corrected chi connectivity index (χ2v) is 8.91. The van der Waals surface area contributed by atoms with Gasteiger partial charge in [-0.15, -0.1) is 0 Å². The quantitative estimate of drug-likeness (QED) is 0.442. The van der Waals surface area contributed by atoms with Crippen molar-refractivity contribution in [2.24, 2.45) is 0 Å². The fourth-order valence-electron chi connectivity index (χ4n) is 4.40. The summed E-state index contributed by atoms with van der Waals surface area (Å²) in [6, 6.07) is 10.5. The Labute approximate surface area is 204 Å². The Morgan fingerprint density at radius 3 is 2.85 bits per heavy atom. The predicted molar refractivity (Wildman–Crippen MR) is 130 cm³/mol. The number of aliphatic hydroxyl groups excluding tert-OH is 1. The first-order chi connectivity index (χ1) is 16.3. The number of halogens is 2. The van der Waals surface area contributed by atoms with Crippen molar-refractivity contribution in [2.75, 3.05) is 26.8 Å². The molecule has 0 saturated carbocycles. The lowest BCUT2D eigenvalue weighted by molar-refractivity contribution is -0.131. The fourth-order valence-corrected chi connectivity index (χ4v) is 4.52. The van der Waals surface area contributed by atoms with E-state index < -0.39 is 17.9 Å². The monoisotopic (exact) mass is 491 g/mol. The van der Waals surface area contributed by atoms with Gasteiger partial charge in [0.2, 0.25) is 0 Å². The molecule has 2 aromatic rings. The molecule has 0 bridgehead atoms. The second-order valence-electron chi connectivity index (χ2n) is 8.51. The molecule has 8 heteroatoms. The molecule has 1 saturated heterocycles. The second kappa shape index (κ2) is 12.3. The number of carboxylic acid groups (broad SMARTS) is 1. The number of β-amino-alcohol motifs (C(OH)–C–C–N with tert-alkyl or cyclic N) is 1. The molecular weight excluding hydrogens is 461 g/mol. The summed E-state index contributed by atoms with van der Waals surface area (Å²) < 4.78 is 25.1. The minimum absolute atomic E-state index is 0.117. The molecule has 3 rings (SSSR count). The number of carboxylic acids is 1. The molecule has 1 heterocycles. The first-order valence-electron chi connectivity index (χ1n) is 11.3. The van der Waals surface area contributed by atoms with Crippen LogP contribution in [-0.2, 0) is 16.0 Å². The number of ether oxygens (including phenoxy) is 2. The molecule has 3 atom stereocenters. The minimum Gasteiger partial charge on any atom is -0.496 e.